The van der Waals surface area contributed by atoms with Crippen molar-refractivity contribution in [3.63, 3.8) is 0 Å². The van der Waals surface area contributed by atoms with Crippen LogP contribution in [-0.2, 0) is 0 Å². The molecule has 0 N–H and O–H groups in total. The summed E-state index contributed by atoms with van der Waals surface area (Å²) in [6.45, 7) is 3.93. The van der Waals surface area contributed by atoms with Gasteiger partial charge in [-0.2, -0.15) is 0 Å². The maximum Gasteiger partial charge on any atom is 0.197 e. The number of fused-ring (bicyclic) bond motifs is 12. The number of para-hydroxylation sites is 4. The predicted molar refractivity (Wildman–Crippen MR) is 269 cm³/mol. The summed E-state index contributed by atoms with van der Waals surface area (Å²) in [6, 6.07) is -16.9. The largest absolute Gasteiger partial charge is 0.308 e. The third-order valence-electron chi connectivity index (χ3n) is 11.7. The van der Waals surface area contributed by atoms with Crippen LogP contribution in [0.15, 0.2) is 174 Å². The molecule has 312 valence electrons. The van der Waals surface area contributed by atoms with Gasteiger partial charge in [-0.15, -0.1) is 0 Å². The SMILES string of the molecule is [2H]c1c([2H])c([2H])c2c(c1[2H])c(=O)c1c([2H])c(C)c([2H])c3c(=O)c4c([2H])c([2H])c([2H])c([2H])c4n2c13.[2H]c1c([2H])c([2H])c2c(c1[2H])c(=O)c1c([2H])c(C)c([2H])c3c(=O)c4c([2H])c5c(=O)c6c([2H])c(C)c([2H])c7c(=O)c8c([2H])c([2H])c([2H])c([2H])c8n(c5c([2H])c4n2c13)c76. The van der Waals surface area contributed by atoms with Gasteiger partial charge >= 0.3 is 0 Å². The Bertz CT molecular complexity index is 6020. The number of pyridine rings is 6. The quantitative estimate of drug-likeness (QED) is 0.111. The number of hydrogen-bond donors (Lipinski definition) is 0. The van der Waals surface area contributed by atoms with Crippen LogP contribution in [0.5, 0.6) is 0 Å². The molecular weight excluding hydrogens is 823 g/mol. The van der Waals surface area contributed by atoms with E-state index in [1.54, 1.807) is 0 Å². The molecule has 0 radical (unpaired) electrons. The molecule has 0 amide bonds. The van der Waals surface area contributed by atoms with Crippen LogP contribution in [0.4, 0.5) is 0 Å². The lowest BCUT2D eigenvalue weighted by atomic mass is 9.98. The van der Waals surface area contributed by atoms with Crippen LogP contribution in [0.1, 0.15) is 49.6 Å². The van der Waals surface area contributed by atoms with Gasteiger partial charge in [0.25, 0.3) is 0 Å². The number of nitrogens with zero attached hydrogens (tertiary/aromatic N) is 3. The Hall–Kier alpha value is -8.82. The Kier molecular flexibility index (Phi) is 4.13. The van der Waals surface area contributed by atoms with Gasteiger partial charge in [0, 0.05) is 64.6 Å². The Morgan fingerprint density at radius 3 is 0.773 bits per heavy atom. The lowest BCUT2D eigenvalue weighted by molar-refractivity contribution is 1.28. The molecule has 0 unspecified atom stereocenters. The van der Waals surface area contributed by atoms with E-state index in [0.29, 0.717) is 0 Å². The lowest BCUT2D eigenvalue weighted by Crippen LogP contribution is -2.17. The van der Waals surface area contributed by atoms with E-state index in [2.05, 4.69) is 0 Å². The standard InChI is InChI=1S/C36H20N2O4.C21H13NO2/c1-17-11-23-31-25(13-17)35(41)21-15-22-30(16-29(21)37(31)27-9-5-3-7-19(27)33(23)39)38-28-10-6-4-8-20(28)34(40)24-12-18(2)14-26(32(24)38)36(22)42;1-12-10-15-19-16(11-12)21(24)14-7-3-5-9-18(14)22(19)17-8-4-2-6-13(17)20(15)23/h3-16H,1-2H3;2-11H,1H3/i3D,4D,5D,6D,7D,8D,9D,10D,11D,12D,13D,14D,15D,16D;2D,3D,4D,5D,6D,7D,8D,9D,10D,11D. The van der Waals surface area contributed by atoms with Gasteiger partial charge in [0.15, 0.2) is 32.6 Å². The molecule has 14 aromatic rings. The summed E-state index contributed by atoms with van der Waals surface area (Å²) in [5.41, 5.74) is -11.1. The monoisotopic (exact) mass is 879 g/mol. The number of aromatic nitrogens is 3. The van der Waals surface area contributed by atoms with Crippen LogP contribution in [0.2, 0.25) is 0 Å². The second kappa shape index (κ2) is 13.1. The van der Waals surface area contributed by atoms with E-state index < -0.39 is 276 Å². The molecular formula is C57H33N3O6. The topological polar surface area (TPSA) is 116 Å². The molecule has 0 spiro atoms. The fraction of sp³-hybridized carbons (Fsp3) is 0.0526. The van der Waals surface area contributed by atoms with Crippen LogP contribution in [0.3, 0.4) is 0 Å². The molecule has 0 aliphatic heterocycles. The van der Waals surface area contributed by atoms with Gasteiger partial charge in [-0.3, -0.25) is 28.8 Å². The van der Waals surface area contributed by atoms with Gasteiger partial charge in [-0.1, -0.05) is 48.3 Å². The van der Waals surface area contributed by atoms with E-state index in [9.17, 15) is 31.5 Å². The molecule has 6 heterocycles. The molecule has 9 heteroatoms. The molecule has 0 saturated carbocycles. The summed E-state index contributed by atoms with van der Waals surface area (Å²) in [7, 11) is 0. The number of benzene rings is 8. The molecule has 0 aliphatic carbocycles. The molecule has 0 aliphatic rings. The third kappa shape index (κ3) is 4.83. The minimum atomic E-state index is -1.14. The number of rotatable bonds is 0. The van der Waals surface area contributed by atoms with Crippen LogP contribution >= 0.6 is 0 Å². The summed E-state index contributed by atoms with van der Waals surface area (Å²) < 4.78 is 210. The van der Waals surface area contributed by atoms with Crippen molar-refractivity contribution >= 4 is 114 Å². The lowest BCUT2D eigenvalue weighted by Gasteiger charge is -2.18. The van der Waals surface area contributed by atoms with Gasteiger partial charge in [0.1, 0.15) is 0 Å². The van der Waals surface area contributed by atoms with Crippen molar-refractivity contribution in [1.82, 2.24) is 13.2 Å². The minimum Gasteiger partial charge on any atom is -0.308 e. The van der Waals surface area contributed by atoms with E-state index in [-0.39, 0.29) is 33.0 Å². The molecule has 66 heavy (non-hydrogen) atoms. The first-order valence-corrected chi connectivity index (χ1v) is 19.7. The zero-order valence-corrected chi connectivity index (χ0v) is 33.8. The van der Waals surface area contributed by atoms with Crippen LogP contribution in [-0.4, -0.2) is 13.2 Å². The molecule has 14 rings (SSSR count). The first-order valence-electron chi connectivity index (χ1n) is 31.7. The molecule has 0 fully saturated rings. The summed E-state index contributed by atoms with van der Waals surface area (Å²) >= 11 is 0. The Labute approximate surface area is 404 Å². The van der Waals surface area contributed by atoms with Crippen molar-refractivity contribution in [3.8, 4) is 0 Å². The Morgan fingerprint density at radius 2 is 0.500 bits per heavy atom. The van der Waals surface area contributed by atoms with Crippen molar-refractivity contribution in [3.05, 3.63) is 223 Å². The first kappa shape index (κ1) is 20.8. The van der Waals surface area contributed by atoms with E-state index >= 15 is 0 Å². The van der Waals surface area contributed by atoms with Gasteiger partial charge < -0.3 is 13.2 Å². The average Bonchev–Trinajstić information content (AvgIpc) is 0.682. The molecule has 0 saturated heterocycles. The van der Waals surface area contributed by atoms with Crippen LogP contribution in [0, 0.1) is 20.8 Å². The van der Waals surface area contributed by atoms with Crippen molar-refractivity contribution in [2.24, 2.45) is 0 Å². The summed E-state index contributed by atoms with van der Waals surface area (Å²) in [5.74, 6) is 0. The normalized spacial score (nSPS) is 17.3. The second-order valence-electron chi connectivity index (χ2n) is 15.5. The zero-order valence-electron chi connectivity index (χ0n) is 57.8. The highest BCUT2D eigenvalue weighted by molar-refractivity contribution is 6.14. The van der Waals surface area contributed by atoms with Crippen molar-refractivity contribution in [2.45, 2.75) is 20.8 Å². The highest BCUT2D eigenvalue weighted by atomic mass is 16.1. The average molecular weight is 880 g/mol. The molecule has 6 aromatic heterocycles. The summed E-state index contributed by atoms with van der Waals surface area (Å²) in [6.07, 6.45) is 0. The van der Waals surface area contributed by atoms with Crippen molar-refractivity contribution in [2.75, 3.05) is 0 Å². The molecule has 0 atom stereocenters. The summed E-state index contributed by atoms with van der Waals surface area (Å²) in [4.78, 5) is 85.0. The highest BCUT2D eigenvalue weighted by Gasteiger charge is 2.23. The first-order chi connectivity index (χ1) is 42.1. The minimum absolute atomic E-state index is 0.0241. The van der Waals surface area contributed by atoms with Gasteiger partial charge in [-0.25, -0.2) is 0 Å². The van der Waals surface area contributed by atoms with E-state index in [1.807, 2.05) is 0 Å². The van der Waals surface area contributed by atoms with E-state index in [4.69, 9.17) is 30.2 Å². The van der Waals surface area contributed by atoms with Crippen LogP contribution in [0.25, 0.3) is 114 Å². The smallest absolute Gasteiger partial charge is 0.197 e. The maximum atomic E-state index is 14.7. The highest BCUT2D eigenvalue weighted by Crippen LogP contribution is 2.33. The fourth-order valence-corrected chi connectivity index (χ4v) is 9.06. The molecule has 8 aromatic carbocycles. The molecule has 9 nitrogen and oxygen atoms in total. The van der Waals surface area contributed by atoms with Crippen molar-refractivity contribution < 1.29 is 32.9 Å². The zero-order chi connectivity index (χ0) is 65.9. The Morgan fingerprint density at radius 1 is 0.273 bits per heavy atom. The predicted octanol–water partition coefficient (Wildman–Crippen LogP) is 9.91. The van der Waals surface area contributed by atoms with Gasteiger partial charge in [0.2, 0.25) is 0 Å². The van der Waals surface area contributed by atoms with Gasteiger partial charge in [0.05, 0.1) is 82.5 Å². The van der Waals surface area contributed by atoms with E-state index in [0.717, 1.165) is 13.2 Å². The molecule has 0 bridgehead atoms. The van der Waals surface area contributed by atoms with E-state index in [1.165, 1.54) is 20.8 Å². The van der Waals surface area contributed by atoms with Gasteiger partial charge in [-0.05, 0) is 134 Å². The fourth-order valence-electron chi connectivity index (χ4n) is 9.06. The van der Waals surface area contributed by atoms with Crippen LogP contribution < -0.4 is 32.6 Å². The maximum absolute atomic E-state index is 14.7. The Balaban J connectivity index is 0.000000187. The second-order valence-corrected chi connectivity index (χ2v) is 15.5. The number of hydrogen-bond acceptors (Lipinski definition) is 6. The third-order valence-corrected chi connectivity index (χ3v) is 11.7. The summed E-state index contributed by atoms with van der Waals surface area (Å²) in [5, 5.41) is -6.60. The van der Waals surface area contributed by atoms with Crippen molar-refractivity contribution in [1.29, 1.82) is 0 Å².